The van der Waals surface area contributed by atoms with Gasteiger partial charge in [0.15, 0.2) is 0 Å². The fraction of sp³-hybridized carbons (Fsp3) is 0.625. The fourth-order valence-electron chi connectivity index (χ4n) is 5.44. The molecule has 3 aliphatic rings. The number of amides is 3. The molecule has 1 aliphatic carbocycles. The van der Waals surface area contributed by atoms with Gasteiger partial charge in [0.05, 0.1) is 13.0 Å². The van der Waals surface area contributed by atoms with Crippen molar-refractivity contribution in [2.75, 3.05) is 38.2 Å². The molecule has 3 amide bonds. The quantitative estimate of drug-likeness (QED) is 0.611. The molecule has 186 valence electrons. The van der Waals surface area contributed by atoms with Crippen molar-refractivity contribution in [3.8, 4) is 0 Å². The molecular formula is C24H30F3N3O4. The minimum atomic E-state index is -4.83. The Balaban J connectivity index is 1.31. The van der Waals surface area contributed by atoms with Gasteiger partial charge in [0, 0.05) is 37.9 Å². The normalized spacial score (nSPS) is 24.5. The summed E-state index contributed by atoms with van der Waals surface area (Å²) >= 11 is 0. The second-order valence-corrected chi connectivity index (χ2v) is 9.31. The molecule has 0 bridgehead atoms. The Bertz CT molecular complexity index is 905. The smallest absolute Gasteiger partial charge is 0.469 e. The number of hydrogen-bond donors (Lipinski definition) is 0. The van der Waals surface area contributed by atoms with Crippen molar-refractivity contribution >= 4 is 23.6 Å². The number of methoxy groups -OCH3 is 1. The average Bonchev–Trinajstić information content (AvgIpc) is 3.24. The summed E-state index contributed by atoms with van der Waals surface area (Å²) in [5, 5.41) is 0. The van der Waals surface area contributed by atoms with Gasteiger partial charge in [-0.25, -0.2) is 4.79 Å². The van der Waals surface area contributed by atoms with E-state index in [1.165, 1.54) is 7.11 Å². The molecule has 2 aliphatic heterocycles. The van der Waals surface area contributed by atoms with Crippen LogP contribution >= 0.6 is 0 Å². The van der Waals surface area contributed by atoms with Crippen LogP contribution < -0.4 is 4.90 Å². The van der Waals surface area contributed by atoms with E-state index in [0.717, 1.165) is 41.8 Å². The van der Waals surface area contributed by atoms with Crippen LogP contribution in [0.5, 0.6) is 0 Å². The number of nitrogens with zero attached hydrogens (tertiary/aromatic N) is 3. The van der Waals surface area contributed by atoms with Gasteiger partial charge in [0.25, 0.3) is 0 Å². The first-order valence-corrected chi connectivity index (χ1v) is 11.8. The lowest BCUT2D eigenvalue weighted by Gasteiger charge is -2.33. The van der Waals surface area contributed by atoms with Gasteiger partial charge in [-0.2, -0.15) is 13.2 Å². The van der Waals surface area contributed by atoms with Gasteiger partial charge in [0.2, 0.25) is 0 Å². The van der Waals surface area contributed by atoms with E-state index in [0.29, 0.717) is 25.9 Å². The molecule has 34 heavy (non-hydrogen) atoms. The monoisotopic (exact) mass is 481 g/mol. The topological polar surface area (TPSA) is 70.2 Å². The summed E-state index contributed by atoms with van der Waals surface area (Å²) in [7, 11) is 1.40. The Morgan fingerprint density at radius 2 is 1.53 bits per heavy atom. The standard InChI is InChI=1S/C24H30F3N3O4/c1-34-21(31)18-4-8-20(9-5-18)30-15-14-29(23(30)33)19-6-2-16(3-7-19)17-10-12-28(13-11-17)22(32)24(25,26)27/h2-3,6-7,17-18,20H,4-5,8-15H2,1H3/t18-,20-. The number of carbonyl (C=O) groups is 3. The van der Waals surface area contributed by atoms with Gasteiger partial charge in [0.1, 0.15) is 0 Å². The SMILES string of the molecule is COC(=O)[C@H]1CC[C@H](N2CCN(c3ccc(C4CCN(C(=O)C(F)(F)F)CC4)cc3)C2=O)CC1. The van der Waals surface area contributed by atoms with E-state index in [2.05, 4.69) is 0 Å². The maximum atomic E-state index is 13.1. The van der Waals surface area contributed by atoms with Gasteiger partial charge in [-0.3, -0.25) is 14.5 Å². The molecule has 1 saturated carbocycles. The number of rotatable bonds is 4. The van der Waals surface area contributed by atoms with Crippen molar-refractivity contribution in [1.29, 1.82) is 0 Å². The lowest BCUT2D eigenvalue weighted by Crippen LogP contribution is -2.45. The molecule has 0 spiro atoms. The van der Waals surface area contributed by atoms with Gasteiger partial charge in [-0.15, -0.1) is 0 Å². The third-order valence-corrected chi connectivity index (χ3v) is 7.41. The van der Waals surface area contributed by atoms with E-state index in [1.807, 2.05) is 29.2 Å². The van der Waals surface area contributed by atoms with Crippen LogP contribution in [-0.4, -0.2) is 73.2 Å². The molecule has 0 unspecified atom stereocenters. The highest BCUT2D eigenvalue weighted by atomic mass is 19.4. The average molecular weight is 482 g/mol. The van der Waals surface area contributed by atoms with E-state index < -0.39 is 12.1 Å². The molecule has 4 rings (SSSR count). The Morgan fingerprint density at radius 1 is 0.912 bits per heavy atom. The number of likely N-dealkylation sites (tertiary alicyclic amines) is 1. The molecule has 7 nitrogen and oxygen atoms in total. The largest absolute Gasteiger partial charge is 0.471 e. The molecule has 0 radical (unpaired) electrons. The number of benzene rings is 1. The number of ether oxygens (including phenoxy) is 1. The van der Waals surface area contributed by atoms with Crippen LogP contribution in [0.15, 0.2) is 24.3 Å². The zero-order valence-corrected chi connectivity index (χ0v) is 19.2. The molecule has 0 N–H and O–H groups in total. The van der Waals surface area contributed by atoms with E-state index in [1.54, 1.807) is 4.90 Å². The van der Waals surface area contributed by atoms with E-state index in [4.69, 9.17) is 4.74 Å². The third-order valence-electron chi connectivity index (χ3n) is 7.41. The number of carbonyl (C=O) groups excluding carboxylic acids is 3. The maximum absolute atomic E-state index is 13.1. The van der Waals surface area contributed by atoms with Crippen molar-refractivity contribution < 1.29 is 32.3 Å². The molecule has 10 heteroatoms. The van der Waals surface area contributed by atoms with Crippen molar-refractivity contribution in [1.82, 2.24) is 9.80 Å². The van der Waals surface area contributed by atoms with Crippen molar-refractivity contribution in [3.63, 3.8) is 0 Å². The molecule has 1 aromatic rings. The lowest BCUT2D eigenvalue weighted by atomic mass is 9.85. The Kier molecular flexibility index (Phi) is 7.04. The van der Waals surface area contributed by atoms with Crippen LogP contribution in [0.1, 0.15) is 50.0 Å². The lowest BCUT2D eigenvalue weighted by molar-refractivity contribution is -0.186. The second kappa shape index (κ2) is 9.84. The van der Waals surface area contributed by atoms with Gasteiger partial charge < -0.3 is 14.5 Å². The number of hydrogen-bond acceptors (Lipinski definition) is 4. The first kappa shape index (κ1) is 24.3. The summed E-state index contributed by atoms with van der Waals surface area (Å²) in [5.41, 5.74) is 1.80. The number of esters is 1. The zero-order valence-electron chi connectivity index (χ0n) is 19.2. The van der Waals surface area contributed by atoms with Gasteiger partial charge in [-0.05, 0) is 62.1 Å². The number of halogens is 3. The van der Waals surface area contributed by atoms with Crippen LogP contribution in [0.4, 0.5) is 23.7 Å². The van der Waals surface area contributed by atoms with E-state index in [-0.39, 0.29) is 43.0 Å². The van der Waals surface area contributed by atoms with Gasteiger partial charge in [-0.1, -0.05) is 12.1 Å². The predicted molar refractivity (Wildman–Crippen MR) is 118 cm³/mol. The summed E-state index contributed by atoms with van der Waals surface area (Å²) in [5.74, 6) is -1.94. The molecule has 1 aromatic carbocycles. The number of anilines is 1. The molecule has 2 saturated heterocycles. The van der Waals surface area contributed by atoms with Crippen LogP contribution in [0.25, 0.3) is 0 Å². The summed E-state index contributed by atoms with van der Waals surface area (Å²) < 4.78 is 42.8. The Morgan fingerprint density at radius 3 is 2.09 bits per heavy atom. The second-order valence-electron chi connectivity index (χ2n) is 9.31. The molecule has 0 atom stereocenters. The third kappa shape index (κ3) is 5.00. The Hall–Kier alpha value is -2.78. The van der Waals surface area contributed by atoms with Gasteiger partial charge >= 0.3 is 24.1 Å². The summed E-state index contributed by atoms with van der Waals surface area (Å²) in [6.45, 7) is 1.40. The number of piperidine rings is 1. The zero-order chi connectivity index (χ0) is 24.5. The Labute approximate surface area is 196 Å². The van der Waals surface area contributed by atoms with E-state index in [9.17, 15) is 27.6 Å². The molecule has 2 heterocycles. The molecule has 0 aromatic heterocycles. The summed E-state index contributed by atoms with van der Waals surface area (Å²) in [6.07, 6.45) is -0.850. The molecule has 3 fully saturated rings. The first-order chi connectivity index (χ1) is 16.2. The van der Waals surface area contributed by atoms with E-state index >= 15 is 0 Å². The van der Waals surface area contributed by atoms with Crippen LogP contribution in [0.3, 0.4) is 0 Å². The minimum Gasteiger partial charge on any atom is -0.469 e. The maximum Gasteiger partial charge on any atom is 0.471 e. The highest BCUT2D eigenvalue weighted by Crippen LogP contribution is 2.34. The number of alkyl halides is 3. The first-order valence-electron chi connectivity index (χ1n) is 11.8. The summed E-state index contributed by atoms with van der Waals surface area (Å²) in [6, 6.07) is 7.73. The highest BCUT2D eigenvalue weighted by molar-refractivity contribution is 5.94. The van der Waals surface area contributed by atoms with Crippen LogP contribution in [-0.2, 0) is 14.3 Å². The van der Waals surface area contributed by atoms with Crippen LogP contribution in [0.2, 0.25) is 0 Å². The van der Waals surface area contributed by atoms with Crippen molar-refractivity contribution in [2.45, 2.75) is 56.7 Å². The van der Waals surface area contributed by atoms with Crippen molar-refractivity contribution in [2.24, 2.45) is 5.92 Å². The number of urea groups is 1. The van der Waals surface area contributed by atoms with Crippen LogP contribution in [0, 0.1) is 5.92 Å². The fourth-order valence-corrected chi connectivity index (χ4v) is 5.44. The molecular weight excluding hydrogens is 451 g/mol. The van der Waals surface area contributed by atoms with Crippen molar-refractivity contribution in [3.05, 3.63) is 29.8 Å². The summed E-state index contributed by atoms with van der Waals surface area (Å²) in [4.78, 5) is 40.8. The highest BCUT2D eigenvalue weighted by Gasteiger charge is 2.43. The predicted octanol–water partition coefficient (Wildman–Crippen LogP) is 3.93. The minimum absolute atomic E-state index is 0.0340.